The van der Waals surface area contributed by atoms with E-state index in [4.69, 9.17) is 0 Å². The van der Waals surface area contributed by atoms with Gasteiger partial charge in [-0.25, -0.2) is 4.79 Å². The van der Waals surface area contributed by atoms with E-state index in [9.17, 15) is 19.5 Å². The van der Waals surface area contributed by atoms with Crippen LogP contribution in [-0.2, 0) is 17.6 Å². The summed E-state index contributed by atoms with van der Waals surface area (Å²) in [7, 11) is 0. The molecule has 0 radical (unpaired) electrons. The van der Waals surface area contributed by atoms with E-state index >= 15 is 0 Å². The maximum atomic E-state index is 12.5. The zero-order valence-corrected chi connectivity index (χ0v) is 13.0. The molecule has 122 valence electrons. The minimum atomic E-state index is -1.09. The predicted octanol–water partition coefficient (Wildman–Crippen LogP) is 2.24. The Hall–Kier alpha value is -2.95. The molecule has 5 nitrogen and oxygen atoms in total. The normalized spacial score (nSPS) is 14.1. The van der Waals surface area contributed by atoms with Crippen molar-refractivity contribution >= 4 is 17.7 Å². The molecule has 0 aromatic heterocycles. The number of amides is 1. The molecule has 1 aliphatic rings. The SMILES string of the molecule is O=C1CCc2c1cccc2C(=O)N[C@@H](Cc1ccccc1)C(=O)O. The molecule has 1 aliphatic carbocycles. The van der Waals surface area contributed by atoms with Crippen molar-refractivity contribution in [3.8, 4) is 0 Å². The Balaban J connectivity index is 1.80. The average molecular weight is 323 g/mol. The number of fused-ring (bicyclic) bond motifs is 1. The number of Topliss-reactive ketones (excluding diaryl/α,β-unsaturated/α-hetero) is 1. The van der Waals surface area contributed by atoms with E-state index in [1.807, 2.05) is 30.3 Å². The van der Waals surface area contributed by atoms with E-state index in [2.05, 4.69) is 5.32 Å². The summed E-state index contributed by atoms with van der Waals surface area (Å²) in [6.07, 6.45) is 1.12. The highest BCUT2D eigenvalue weighted by molar-refractivity contribution is 6.06. The third-order valence-corrected chi connectivity index (χ3v) is 4.21. The fourth-order valence-electron chi connectivity index (χ4n) is 2.99. The molecule has 3 rings (SSSR count). The van der Waals surface area contributed by atoms with Crippen molar-refractivity contribution in [3.05, 3.63) is 70.8 Å². The number of rotatable bonds is 5. The van der Waals surface area contributed by atoms with Gasteiger partial charge in [0, 0.05) is 24.0 Å². The van der Waals surface area contributed by atoms with Crippen LogP contribution in [0.3, 0.4) is 0 Å². The van der Waals surface area contributed by atoms with Crippen LogP contribution >= 0.6 is 0 Å². The number of carbonyl (C=O) groups excluding carboxylic acids is 2. The van der Waals surface area contributed by atoms with E-state index in [1.54, 1.807) is 18.2 Å². The van der Waals surface area contributed by atoms with Crippen LogP contribution in [0.4, 0.5) is 0 Å². The molecule has 0 spiro atoms. The predicted molar refractivity (Wildman–Crippen MR) is 88.1 cm³/mol. The molecule has 0 saturated heterocycles. The summed E-state index contributed by atoms with van der Waals surface area (Å²) >= 11 is 0. The van der Waals surface area contributed by atoms with E-state index in [-0.39, 0.29) is 12.2 Å². The van der Waals surface area contributed by atoms with Gasteiger partial charge in [0.25, 0.3) is 5.91 Å². The van der Waals surface area contributed by atoms with Gasteiger partial charge in [-0.2, -0.15) is 0 Å². The molecule has 2 aromatic rings. The van der Waals surface area contributed by atoms with Gasteiger partial charge in [0.1, 0.15) is 6.04 Å². The topological polar surface area (TPSA) is 83.5 Å². The summed E-state index contributed by atoms with van der Waals surface area (Å²) in [5, 5.41) is 12.0. The lowest BCUT2D eigenvalue weighted by molar-refractivity contribution is -0.139. The van der Waals surface area contributed by atoms with Gasteiger partial charge in [-0.05, 0) is 23.6 Å². The van der Waals surface area contributed by atoms with Gasteiger partial charge in [0.15, 0.2) is 5.78 Å². The van der Waals surface area contributed by atoms with Gasteiger partial charge in [-0.1, -0.05) is 42.5 Å². The van der Waals surface area contributed by atoms with Crippen molar-refractivity contribution in [2.45, 2.75) is 25.3 Å². The van der Waals surface area contributed by atoms with Crippen molar-refractivity contribution in [2.24, 2.45) is 0 Å². The minimum absolute atomic E-state index is 0.0266. The Labute approximate surface area is 139 Å². The first-order valence-corrected chi connectivity index (χ1v) is 7.79. The van der Waals surface area contributed by atoms with Crippen LogP contribution in [0.2, 0.25) is 0 Å². The first kappa shape index (κ1) is 15.9. The van der Waals surface area contributed by atoms with Crippen LogP contribution in [0.1, 0.15) is 38.3 Å². The van der Waals surface area contributed by atoms with Gasteiger partial charge in [-0.3, -0.25) is 9.59 Å². The second kappa shape index (κ2) is 6.66. The number of nitrogens with one attached hydrogen (secondary N) is 1. The Morgan fingerprint density at radius 2 is 1.79 bits per heavy atom. The van der Waals surface area contributed by atoms with Crippen LogP contribution in [-0.4, -0.2) is 28.8 Å². The van der Waals surface area contributed by atoms with E-state index in [0.29, 0.717) is 29.5 Å². The third-order valence-electron chi connectivity index (χ3n) is 4.21. The first-order valence-electron chi connectivity index (χ1n) is 7.79. The van der Waals surface area contributed by atoms with Crippen LogP contribution in [0.5, 0.6) is 0 Å². The molecule has 24 heavy (non-hydrogen) atoms. The standard InChI is InChI=1S/C19H17NO4/c21-17-10-9-13-14(17)7-4-8-15(13)18(22)20-16(19(23)24)11-12-5-2-1-3-6-12/h1-8,16H,9-11H2,(H,20,22)(H,23,24)/t16-/m0/s1. The first-order chi connectivity index (χ1) is 11.6. The number of carboxylic acids is 1. The number of hydrogen-bond acceptors (Lipinski definition) is 3. The number of ketones is 1. The highest BCUT2D eigenvalue weighted by atomic mass is 16.4. The lowest BCUT2D eigenvalue weighted by Gasteiger charge is -2.16. The zero-order valence-electron chi connectivity index (χ0n) is 13.0. The molecular weight excluding hydrogens is 306 g/mol. The zero-order chi connectivity index (χ0) is 17.1. The number of hydrogen-bond donors (Lipinski definition) is 2. The van der Waals surface area contributed by atoms with Gasteiger partial charge in [0.2, 0.25) is 0 Å². The second-order valence-corrected chi connectivity index (χ2v) is 5.81. The van der Waals surface area contributed by atoms with Crippen LogP contribution in [0.25, 0.3) is 0 Å². The molecule has 2 aromatic carbocycles. The molecule has 5 heteroatoms. The maximum Gasteiger partial charge on any atom is 0.326 e. The summed E-state index contributed by atoms with van der Waals surface area (Å²) in [5.74, 6) is -1.51. The van der Waals surface area contributed by atoms with Crippen molar-refractivity contribution < 1.29 is 19.5 Å². The maximum absolute atomic E-state index is 12.5. The Morgan fingerprint density at radius 1 is 1.04 bits per heavy atom. The third kappa shape index (κ3) is 3.20. The van der Waals surface area contributed by atoms with Crippen LogP contribution < -0.4 is 5.32 Å². The fourth-order valence-corrected chi connectivity index (χ4v) is 2.99. The van der Waals surface area contributed by atoms with Gasteiger partial charge < -0.3 is 10.4 Å². The van der Waals surface area contributed by atoms with Gasteiger partial charge >= 0.3 is 5.97 Å². The summed E-state index contributed by atoms with van der Waals surface area (Å²) < 4.78 is 0. The Kier molecular flexibility index (Phi) is 4.42. The van der Waals surface area contributed by atoms with Crippen LogP contribution in [0.15, 0.2) is 48.5 Å². The molecule has 0 fully saturated rings. The van der Waals surface area contributed by atoms with Crippen molar-refractivity contribution in [1.29, 1.82) is 0 Å². The molecule has 0 unspecified atom stereocenters. The second-order valence-electron chi connectivity index (χ2n) is 5.81. The molecule has 2 N–H and O–H groups in total. The number of carbonyl (C=O) groups is 3. The highest BCUT2D eigenvalue weighted by Crippen LogP contribution is 2.25. The molecule has 0 heterocycles. The molecule has 0 saturated carbocycles. The molecule has 0 aliphatic heterocycles. The minimum Gasteiger partial charge on any atom is -0.480 e. The van der Waals surface area contributed by atoms with Crippen LogP contribution in [0, 0.1) is 0 Å². The largest absolute Gasteiger partial charge is 0.480 e. The smallest absolute Gasteiger partial charge is 0.326 e. The lowest BCUT2D eigenvalue weighted by Crippen LogP contribution is -2.42. The average Bonchev–Trinajstić information content (AvgIpc) is 2.96. The number of benzene rings is 2. The Morgan fingerprint density at radius 3 is 2.50 bits per heavy atom. The van der Waals surface area contributed by atoms with Gasteiger partial charge in [0.05, 0.1) is 0 Å². The van der Waals surface area contributed by atoms with E-state index in [0.717, 1.165) is 5.56 Å². The van der Waals surface area contributed by atoms with E-state index < -0.39 is 17.9 Å². The number of carboxylic acid groups (broad SMARTS) is 1. The highest BCUT2D eigenvalue weighted by Gasteiger charge is 2.27. The summed E-state index contributed by atoms with van der Waals surface area (Å²) in [5.41, 5.74) is 2.50. The lowest BCUT2D eigenvalue weighted by atomic mass is 10.0. The monoisotopic (exact) mass is 323 g/mol. The fraction of sp³-hybridized carbons (Fsp3) is 0.211. The summed E-state index contributed by atoms with van der Waals surface area (Å²) in [6, 6.07) is 13.1. The molecule has 1 amide bonds. The summed E-state index contributed by atoms with van der Waals surface area (Å²) in [4.78, 5) is 35.8. The quantitative estimate of drug-likeness (QED) is 0.884. The van der Waals surface area contributed by atoms with Crippen molar-refractivity contribution in [3.63, 3.8) is 0 Å². The summed E-state index contributed by atoms with van der Waals surface area (Å²) in [6.45, 7) is 0. The van der Waals surface area contributed by atoms with Crippen molar-refractivity contribution in [2.75, 3.05) is 0 Å². The Bertz CT molecular complexity index is 798. The molecule has 1 atom stereocenters. The number of aliphatic carboxylic acids is 1. The van der Waals surface area contributed by atoms with Gasteiger partial charge in [-0.15, -0.1) is 0 Å². The van der Waals surface area contributed by atoms with E-state index in [1.165, 1.54) is 0 Å². The van der Waals surface area contributed by atoms with Crippen molar-refractivity contribution in [1.82, 2.24) is 5.32 Å². The molecular formula is C19H17NO4. The molecule has 0 bridgehead atoms.